The number of benzene rings is 2. The van der Waals surface area contributed by atoms with Crippen molar-refractivity contribution in [1.82, 2.24) is 10.2 Å². The number of nitriles is 1. The molecule has 2 aliphatic rings. The minimum absolute atomic E-state index is 0.0713. The Morgan fingerprint density at radius 1 is 1.29 bits per heavy atom. The molecule has 1 atom stereocenters. The van der Waals surface area contributed by atoms with Gasteiger partial charge in [0.2, 0.25) is 5.91 Å². The molecular weight excluding hydrogens is 416 g/mol. The Hall–Kier alpha value is -3.77. The quantitative estimate of drug-likeness (QED) is 0.553. The Morgan fingerprint density at radius 2 is 2.06 bits per heavy atom. The maximum Gasteiger partial charge on any atom is 0.338 e. The maximum atomic E-state index is 12.8. The standard InChI is InChI=1S/C22H18N4O4S/c1-31-16-7-5-14(6-8-16)20-19-17(12-30-21(19)28)26(22(29)25-20)11-18(27)24-15-4-2-3-13(9-15)10-23/h2-9,20H,11-12H2,1H3,(H,24,27)(H,25,29)/t20-/m1/s1. The fourth-order valence-electron chi connectivity index (χ4n) is 3.54. The van der Waals surface area contributed by atoms with E-state index >= 15 is 0 Å². The van der Waals surface area contributed by atoms with E-state index in [2.05, 4.69) is 10.6 Å². The van der Waals surface area contributed by atoms with Crippen LogP contribution in [0, 0.1) is 11.3 Å². The molecule has 2 aromatic carbocycles. The van der Waals surface area contributed by atoms with Crippen LogP contribution < -0.4 is 10.6 Å². The van der Waals surface area contributed by atoms with Gasteiger partial charge in [-0.15, -0.1) is 11.8 Å². The number of carbonyl (C=O) groups is 3. The Balaban J connectivity index is 1.57. The highest BCUT2D eigenvalue weighted by Gasteiger charge is 2.42. The van der Waals surface area contributed by atoms with Crippen molar-refractivity contribution >= 4 is 35.4 Å². The lowest BCUT2D eigenvalue weighted by Gasteiger charge is -2.32. The van der Waals surface area contributed by atoms with Gasteiger partial charge in [0.1, 0.15) is 13.2 Å². The van der Waals surface area contributed by atoms with Gasteiger partial charge < -0.3 is 15.4 Å². The Morgan fingerprint density at radius 3 is 2.77 bits per heavy atom. The lowest BCUT2D eigenvalue weighted by atomic mass is 9.96. The summed E-state index contributed by atoms with van der Waals surface area (Å²) >= 11 is 1.59. The molecule has 0 bridgehead atoms. The van der Waals surface area contributed by atoms with Gasteiger partial charge in [-0.3, -0.25) is 9.69 Å². The number of carbonyl (C=O) groups excluding carboxylic acids is 3. The molecule has 2 heterocycles. The summed E-state index contributed by atoms with van der Waals surface area (Å²) in [4.78, 5) is 40.1. The van der Waals surface area contributed by atoms with Crippen LogP contribution in [0.25, 0.3) is 0 Å². The molecular formula is C22H18N4O4S. The predicted octanol–water partition coefficient (Wildman–Crippen LogP) is 2.80. The van der Waals surface area contributed by atoms with Crippen molar-refractivity contribution in [3.63, 3.8) is 0 Å². The van der Waals surface area contributed by atoms with Crippen LogP contribution in [0.5, 0.6) is 0 Å². The third-order valence-electron chi connectivity index (χ3n) is 5.02. The smallest absolute Gasteiger partial charge is 0.338 e. The number of cyclic esters (lactones) is 1. The highest BCUT2D eigenvalue weighted by atomic mass is 32.2. The lowest BCUT2D eigenvalue weighted by molar-refractivity contribution is -0.136. The third kappa shape index (κ3) is 4.11. The molecule has 0 unspecified atom stereocenters. The van der Waals surface area contributed by atoms with Gasteiger partial charge in [-0.05, 0) is 42.2 Å². The molecule has 156 valence electrons. The minimum atomic E-state index is -0.639. The first kappa shape index (κ1) is 20.5. The van der Waals surface area contributed by atoms with Gasteiger partial charge in [0, 0.05) is 10.6 Å². The van der Waals surface area contributed by atoms with Crippen LogP contribution in [0.2, 0.25) is 0 Å². The molecule has 2 N–H and O–H groups in total. The van der Waals surface area contributed by atoms with Crippen molar-refractivity contribution in [3.8, 4) is 6.07 Å². The Labute approximate surface area is 182 Å². The van der Waals surface area contributed by atoms with Gasteiger partial charge in [-0.1, -0.05) is 18.2 Å². The summed E-state index contributed by atoms with van der Waals surface area (Å²) in [5.41, 5.74) is 2.32. The maximum absolute atomic E-state index is 12.8. The number of amides is 3. The molecule has 0 saturated carbocycles. The van der Waals surface area contributed by atoms with Gasteiger partial charge in [0.15, 0.2) is 0 Å². The van der Waals surface area contributed by atoms with E-state index in [1.807, 2.05) is 36.6 Å². The molecule has 4 rings (SSSR count). The molecule has 9 heteroatoms. The van der Waals surface area contributed by atoms with Gasteiger partial charge in [-0.2, -0.15) is 5.26 Å². The molecule has 2 aliphatic heterocycles. The van der Waals surface area contributed by atoms with Crippen molar-refractivity contribution in [1.29, 1.82) is 5.26 Å². The molecule has 0 spiro atoms. The summed E-state index contributed by atoms with van der Waals surface area (Å²) in [5.74, 6) is -0.972. The fourth-order valence-corrected chi connectivity index (χ4v) is 3.94. The molecule has 0 fully saturated rings. The third-order valence-corrected chi connectivity index (χ3v) is 5.77. The average Bonchev–Trinajstić information content (AvgIpc) is 3.17. The van der Waals surface area contributed by atoms with E-state index in [1.54, 1.807) is 30.0 Å². The topological polar surface area (TPSA) is 112 Å². The zero-order valence-electron chi connectivity index (χ0n) is 16.5. The van der Waals surface area contributed by atoms with Crippen LogP contribution in [0.3, 0.4) is 0 Å². The molecule has 2 aromatic rings. The molecule has 8 nitrogen and oxygen atoms in total. The molecule has 3 amide bonds. The first-order valence-corrected chi connectivity index (χ1v) is 10.6. The van der Waals surface area contributed by atoms with Crippen LogP contribution in [0.4, 0.5) is 10.5 Å². The van der Waals surface area contributed by atoms with Gasteiger partial charge in [0.25, 0.3) is 0 Å². The number of hydrogen-bond donors (Lipinski definition) is 2. The first-order chi connectivity index (χ1) is 15.0. The zero-order chi connectivity index (χ0) is 22.0. The minimum Gasteiger partial charge on any atom is -0.456 e. The fraction of sp³-hybridized carbons (Fsp3) is 0.182. The van der Waals surface area contributed by atoms with E-state index in [1.165, 1.54) is 11.0 Å². The molecule has 31 heavy (non-hydrogen) atoms. The van der Waals surface area contributed by atoms with Crippen molar-refractivity contribution in [3.05, 3.63) is 70.9 Å². The van der Waals surface area contributed by atoms with E-state index in [0.717, 1.165) is 10.5 Å². The SMILES string of the molecule is CSc1ccc([C@H]2NC(=O)N(CC(=O)Nc3cccc(C#N)c3)C3=C2C(=O)OC3)cc1. The second-order valence-electron chi connectivity index (χ2n) is 6.92. The second kappa shape index (κ2) is 8.53. The summed E-state index contributed by atoms with van der Waals surface area (Å²) in [6.45, 7) is -0.367. The molecule has 0 aromatic heterocycles. The van der Waals surface area contributed by atoms with E-state index in [9.17, 15) is 14.4 Å². The number of hydrogen-bond acceptors (Lipinski definition) is 6. The molecule has 0 radical (unpaired) electrons. The van der Waals surface area contributed by atoms with Gasteiger partial charge in [0.05, 0.1) is 28.9 Å². The van der Waals surface area contributed by atoms with Crippen LogP contribution in [-0.4, -0.2) is 42.2 Å². The number of anilines is 1. The highest BCUT2D eigenvalue weighted by Crippen LogP contribution is 2.35. The van der Waals surface area contributed by atoms with Gasteiger partial charge in [-0.25, -0.2) is 9.59 Å². The zero-order valence-corrected chi connectivity index (χ0v) is 17.4. The van der Waals surface area contributed by atoms with Gasteiger partial charge >= 0.3 is 12.0 Å². The summed E-state index contributed by atoms with van der Waals surface area (Å²) in [6.07, 6.45) is 1.96. The van der Waals surface area contributed by atoms with Crippen LogP contribution >= 0.6 is 11.8 Å². The number of ether oxygens (including phenoxy) is 1. The van der Waals surface area contributed by atoms with E-state index < -0.39 is 23.9 Å². The second-order valence-corrected chi connectivity index (χ2v) is 7.80. The summed E-state index contributed by atoms with van der Waals surface area (Å²) in [7, 11) is 0. The highest BCUT2D eigenvalue weighted by molar-refractivity contribution is 7.98. The summed E-state index contributed by atoms with van der Waals surface area (Å²) < 4.78 is 5.19. The largest absolute Gasteiger partial charge is 0.456 e. The summed E-state index contributed by atoms with van der Waals surface area (Å²) in [6, 6.07) is 14.9. The number of nitrogens with one attached hydrogen (secondary N) is 2. The predicted molar refractivity (Wildman–Crippen MR) is 114 cm³/mol. The average molecular weight is 434 g/mol. The number of nitrogens with zero attached hydrogens (tertiary/aromatic N) is 2. The van der Waals surface area contributed by atoms with Crippen LogP contribution in [-0.2, 0) is 14.3 Å². The number of urea groups is 1. The van der Waals surface area contributed by atoms with Crippen LogP contribution in [0.15, 0.2) is 64.7 Å². The normalized spacial score (nSPS) is 17.5. The summed E-state index contributed by atoms with van der Waals surface area (Å²) in [5, 5.41) is 14.5. The Kier molecular flexibility index (Phi) is 5.64. The van der Waals surface area contributed by atoms with E-state index in [-0.39, 0.29) is 13.2 Å². The lowest BCUT2D eigenvalue weighted by Crippen LogP contribution is -2.49. The number of rotatable bonds is 5. The Bertz CT molecular complexity index is 1140. The molecule has 0 saturated heterocycles. The van der Waals surface area contributed by atoms with Crippen molar-refractivity contribution in [2.45, 2.75) is 10.9 Å². The van der Waals surface area contributed by atoms with E-state index in [0.29, 0.717) is 22.5 Å². The monoisotopic (exact) mass is 434 g/mol. The van der Waals surface area contributed by atoms with Crippen molar-refractivity contribution in [2.24, 2.45) is 0 Å². The number of thioether (sulfide) groups is 1. The first-order valence-electron chi connectivity index (χ1n) is 9.42. The molecule has 0 aliphatic carbocycles. The van der Waals surface area contributed by atoms with Crippen molar-refractivity contribution in [2.75, 3.05) is 24.7 Å². The van der Waals surface area contributed by atoms with Crippen molar-refractivity contribution < 1.29 is 19.1 Å². The van der Waals surface area contributed by atoms with E-state index in [4.69, 9.17) is 10.00 Å². The number of esters is 1. The van der Waals surface area contributed by atoms with Crippen LogP contribution in [0.1, 0.15) is 17.2 Å².